The number of hydrogen-bond acceptors (Lipinski definition) is 3. The molecule has 1 unspecified atom stereocenters. The molecule has 0 aliphatic heterocycles. The topological polar surface area (TPSA) is 70.1 Å². The van der Waals surface area contributed by atoms with Gasteiger partial charge in [-0.2, -0.15) is 11.8 Å². The summed E-state index contributed by atoms with van der Waals surface area (Å²) in [4.78, 5) is 0. The van der Waals surface area contributed by atoms with Crippen LogP contribution in [0, 0.1) is 16.7 Å². The highest BCUT2D eigenvalue weighted by atomic mass is 32.2. The van der Waals surface area contributed by atoms with Crippen LogP contribution in [0.4, 0.5) is 0 Å². The molecule has 1 atom stereocenters. The highest BCUT2D eigenvalue weighted by molar-refractivity contribution is 7.99. The lowest BCUT2D eigenvalue weighted by Crippen LogP contribution is -2.30. The van der Waals surface area contributed by atoms with Crippen LogP contribution in [0.3, 0.4) is 0 Å². The quantitative estimate of drug-likeness (QED) is 0.332. The summed E-state index contributed by atoms with van der Waals surface area (Å²) in [6.07, 6.45) is 3.27. The van der Waals surface area contributed by atoms with Gasteiger partial charge in [-0.3, -0.25) is 5.41 Å². The summed E-state index contributed by atoms with van der Waals surface area (Å²) in [7, 11) is 0. The fourth-order valence-electron chi connectivity index (χ4n) is 1.24. The van der Waals surface area contributed by atoms with E-state index in [9.17, 15) is 0 Å². The summed E-state index contributed by atoms with van der Waals surface area (Å²) in [5, 5.41) is 16.3. The summed E-state index contributed by atoms with van der Waals surface area (Å²) in [6, 6.07) is 0. The normalized spacial score (nSPS) is 13.8. The Balaban J connectivity index is 3.44. The minimum atomic E-state index is -0.150. The maximum Gasteiger partial charge on any atom is 0.0963 e. The molecule has 0 rings (SSSR count). The lowest BCUT2D eigenvalue weighted by atomic mass is 9.86. The number of rotatable bonds is 9. The Morgan fingerprint density at radius 2 is 2.06 bits per heavy atom. The molecule has 4 N–H and O–H groups in total. The molecule has 0 saturated heterocycles. The van der Waals surface area contributed by atoms with E-state index in [1.807, 2.05) is 25.6 Å². The van der Waals surface area contributed by atoms with Crippen LogP contribution in [0.15, 0.2) is 0 Å². The number of hydrogen-bond donors (Lipinski definition) is 3. The largest absolute Gasteiger partial charge is 0.396 e. The molecule has 0 bridgehead atoms. The van der Waals surface area contributed by atoms with E-state index in [1.54, 1.807) is 0 Å². The third-order valence-electron chi connectivity index (χ3n) is 2.78. The first-order chi connectivity index (χ1) is 7.40. The molecule has 0 aromatic heterocycles. The Bertz CT molecular complexity index is 207. The molecule has 0 radical (unpaired) electrons. The van der Waals surface area contributed by atoms with E-state index in [4.69, 9.17) is 16.2 Å². The Kier molecular flexibility index (Phi) is 7.85. The first-order valence-corrected chi connectivity index (χ1v) is 7.08. The highest BCUT2D eigenvalue weighted by Crippen LogP contribution is 2.23. The monoisotopic (exact) mass is 246 g/mol. The van der Waals surface area contributed by atoms with Crippen molar-refractivity contribution in [2.75, 3.05) is 18.1 Å². The Hall–Kier alpha value is -0.220. The third-order valence-corrected chi connectivity index (χ3v) is 4.17. The van der Waals surface area contributed by atoms with E-state index in [1.165, 1.54) is 6.42 Å². The smallest absolute Gasteiger partial charge is 0.0963 e. The minimum Gasteiger partial charge on any atom is -0.396 e. The van der Waals surface area contributed by atoms with Crippen molar-refractivity contribution in [2.45, 2.75) is 40.0 Å². The Labute approximate surface area is 104 Å². The number of amidine groups is 1. The number of nitrogens with one attached hydrogen (secondary N) is 1. The predicted molar refractivity (Wildman–Crippen MR) is 73.1 cm³/mol. The molecule has 0 fully saturated rings. The van der Waals surface area contributed by atoms with Gasteiger partial charge in [-0.05, 0) is 30.3 Å². The maximum absolute atomic E-state index is 8.85. The zero-order chi connectivity index (χ0) is 12.6. The SMILES string of the molecule is CC(CO)CSCCCCC(C)(C)C(=N)N. The van der Waals surface area contributed by atoms with Gasteiger partial charge < -0.3 is 10.8 Å². The number of nitrogens with two attached hydrogens (primary N) is 1. The van der Waals surface area contributed by atoms with Gasteiger partial charge in [-0.15, -0.1) is 0 Å². The van der Waals surface area contributed by atoms with E-state index in [-0.39, 0.29) is 17.9 Å². The molecule has 0 aromatic rings. The first-order valence-electron chi connectivity index (χ1n) is 5.93. The average molecular weight is 246 g/mol. The molecule has 4 heteroatoms. The zero-order valence-corrected chi connectivity index (χ0v) is 11.6. The van der Waals surface area contributed by atoms with Crippen molar-refractivity contribution in [3.8, 4) is 0 Å². The van der Waals surface area contributed by atoms with Crippen LogP contribution < -0.4 is 5.73 Å². The van der Waals surface area contributed by atoms with Crippen molar-refractivity contribution >= 4 is 17.6 Å². The van der Waals surface area contributed by atoms with Crippen LogP contribution in [-0.2, 0) is 0 Å². The number of aliphatic hydroxyl groups is 1. The van der Waals surface area contributed by atoms with Crippen molar-refractivity contribution in [2.24, 2.45) is 17.1 Å². The second-order valence-electron chi connectivity index (χ2n) is 5.12. The standard InChI is InChI=1S/C12H26N2OS/c1-10(8-15)9-16-7-5-4-6-12(2,3)11(13)14/h10,15H,4-9H2,1-3H3,(H3,13,14). The van der Waals surface area contributed by atoms with Gasteiger partial charge in [0.15, 0.2) is 0 Å². The van der Waals surface area contributed by atoms with Gasteiger partial charge in [0.05, 0.1) is 5.84 Å². The summed E-state index contributed by atoms with van der Waals surface area (Å²) in [5.74, 6) is 2.86. The summed E-state index contributed by atoms with van der Waals surface area (Å²) >= 11 is 1.90. The van der Waals surface area contributed by atoms with E-state index >= 15 is 0 Å². The van der Waals surface area contributed by atoms with E-state index in [0.29, 0.717) is 5.92 Å². The van der Waals surface area contributed by atoms with Gasteiger partial charge in [-0.1, -0.05) is 27.2 Å². The van der Waals surface area contributed by atoms with E-state index in [0.717, 1.165) is 24.3 Å². The molecular formula is C12H26N2OS. The minimum absolute atomic E-state index is 0.150. The van der Waals surface area contributed by atoms with Crippen molar-refractivity contribution in [1.29, 1.82) is 5.41 Å². The molecule has 0 heterocycles. The van der Waals surface area contributed by atoms with Crippen molar-refractivity contribution in [3.63, 3.8) is 0 Å². The lowest BCUT2D eigenvalue weighted by Gasteiger charge is -2.22. The molecule has 3 nitrogen and oxygen atoms in total. The van der Waals surface area contributed by atoms with Crippen LogP contribution >= 0.6 is 11.8 Å². The second kappa shape index (κ2) is 7.96. The van der Waals surface area contributed by atoms with Gasteiger partial charge in [-0.25, -0.2) is 0 Å². The van der Waals surface area contributed by atoms with Crippen LogP contribution in [-0.4, -0.2) is 29.1 Å². The van der Waals surface area contributed by atoms with Gasteiger partial charge in [0.2, 0.25) is 0 Å². The summed E-state index contributed by atoms with van der Waals surface area (Å²) in [5.41, 5.74) is 5.37. The lowest BCUT2D eigenvalue weighted by molar-refractivity contribution is 0.250. The average Bonchev–Trinajstić information content (AvgIpc) is 2.22. The molecule has 96 valence electrons. The van der Waals surface area contributed by atoms with E-state index < -0.39 is 0 Å². The molecule has 16 heavy (non-hydrogen) atoms. The molecule has 0 spiro atoms. The third kappa shape index (κ3) is 7.12. The number of unbranched alkanes of at least 4 members (excludes halogenated alkanes) is 1. The molecular weight excluding hydrogens is 220 g/mol. The fraction of sp³-hybridized carbons (Fsp3) is 0.917. The van der Waals surface area contributed by atoms with Gasteiger partial charge in [0.25, 0.3) is 0 Å². The molecule has 0 aromatic carbocycles. The van der Waals surface area contributed by atoms with Crippen LogP contribution in [0.25, 0.3) is 0 Å². The number of thioether (sulfide) groups is 1. The van der Waals surface area contributed by atoms with Crippen molar-refractivity contribution in [3.05, 3.63) is 0 Å². The molecule has 0 aliphatic carbocycles. The summed E-state index contributed by atoms with van der Waals surface area (Å²) in [6.45, 7) is 6.39. The van der Waals surface area contributed by atoms with Crippen molar-refractivity contribution < 1.29 is 5.11 Å². The second-order valence-corrected chi connectivity index (χ2v) is 6.27. The zero-order valence-electron chi connectivity index (χ0n) is 10.8. The first kappa shape index (κ1) is 15.8. The van der Waals surface area contributed by atoms with E-state index in [2.05, 4.69) is 6.92 Å². The van der Waals surface area contributed by atoms with Crippen LogP contribution in [0.1, 0.15) is 40.0 Å². The molecule has 0 aliphatic rings. The van der Waals surface area contributed by atoms with Crippen LogP contribution in [0.5, 0.6) is 0 Å². The van der Waals surface area contributed by atoms with Gasteiger partial charge >= 0.3 is 0 Å². The van der Waals surface area contributed by atoms with Gasteiger partial charge in [0, 0.05) is 12.0 Å². The van der Waals surface area contributed by atoms with Gasteiger partial charge in [0.1, 0.15) is 0 Å². The van der Waals surface area contributed by atoms with Crippen LogP contribution in [0.2, 0.25) is 0 Å². The Morgan fingerprint density at radius 3 is 2.56 bits per heavy atom. The Morgan fingerprint density at radius 1 is 1.44 bits per heavy atom. The predicted octanol–water partition coefficient (Wildman–Crippen LogP) is 2.48. The molecule has 0 amide bonds. The fourth-order valence-corrected chi connectivity index (χ4v) is 2.33. The molecule has 0 saturated carbocycles. The van der Waals surface area contributed by atoms with Crippen molar-refractivity contribution in [1.82, 2.24) is 0 Å². The summed E-state index contributed by atoms with van der Waals surface area (Å²) < 4.78 is 0. The maximum atomic E-state index is 8.85. The highest BCUT2D eigenvalue weighted by Gasteiger charge is 2.20. The number of aliphatic hydroxyl groups excluding tert-OH is 1.